The molecular formula is C16H29NO. The minimum absolute atomic E-state index is 0.0823. The number of nitrogens with zero attached hydrogens (tertiary/aromatic N) is 1. The first-order valence-corrected chi connectivity index (χ1v) is 7.05. The summed E-state index contributed by atoms with van der Waals surface area (Å²) in [6, 6.07) is 0. The van der Waals surface area contributed by atoms with E-state index >= 15 is 0 Å². The van der Waals surface area contributed by atoms with E-state index in [4.69, 9.17) is 4.74 Å². The van der Waals surface area contributed by atoms with Crippen molar-refractivity contribution in [1.82, 2.24) is 4.90 Å². The predicted octanol–water partition coefficient (Wildman–Crippen LogP) is 3.32. The van der Waals surface area contributed by atoms with Crippen LogP contribution in [0.5, 0.6) is 0 Å². The van der Waals surface area contributed by atoms with E-state index in [1.54, 1.807) is 0 Å². The maximum atomic E-state index is 5.84. The van der Waals surface area contributed by atoms with Crippen molar-refractivity contribution in [2.45, 2.75) is 66.0 Å². The second kappa shape index (κ2) is 6.08. The molecule has 0 N–H and O–H groups in total. The highest BCUT2D eigenvalue weighted by Crippen LogP contribution is 2.21. The number of ether oxygens (including phenoxy) is 1. The Kier molecular flexibility index (Phi) is 5.25. The topological polar surface area (TPSA) is 12.5 Å². The number of piperidine rings is 1. The number of rotatable bonds is 2. The van der Waals surface area contributed by atoms with Crippen molar-refractivity contribution in [3.63, 3.8) is 0 Å². The van der Waals surface area contributed by atoms with Gasteiger partial charge >= 0.3 is 0 Å². The third kappa shape index (κ3) is 5.89. The van der Waals surface area contributed by atoms with Crippen LogP contribution >= 0.6 is 0 Å². The minimum atomic E-state index is 0.0823. The quantitative estimate of drug-likeness (QED) is 0.698. The largest absolute Gasteiger partial charge is 0.365 e. The second-order valence-electron chi connectivity index (χ2n) is 7.22. The molecule has 104 valence electrons. The summed E-state index contributed by atoms with van der Waals surface area (Å²) in [5.41, 5.74) is 0.371. The number of hydrogen-bond donors (Lipinski definition) is 0. The maximum Gasteiger partial charge on any atom is 0.108 e. The molecule has 0 aromatic heterocycles. The molecular weight excluding hydrogens is 222 g/mol. The zero-order valence-electron chi connectivity index (χ0n) is 13.0. The van der Waals surface area contributed by atoms with E-state index in [0.717, 1.165) is 25.9 Å². The molecule has 1 fully saturated rings. The third-order valence-electron chi connectivity index (χ3n) is 3.25. The maximum absolute atomic E-state index is 5.84. The van der Waals surface area contributed by atoms with E-state index in [2.05, 4.69) is 58.3 Å². The summed E-state index contributed by atoms with van der Waals surface area (Å²) in [4.78, 5) is 2.54. The molecule has 0 saturated carbocycles. The fraction of sp³-hybridized carbons (Fsp3) is 0.875. The molecule has 1 aliphatic heterocycles. The average Bonchev–Trinajstić information content (AvgIpc) is 2.22. The lowest BCUT2D eigenvalue weighted by Gasteiger charge is -2.40. The molecule has 0 unspecified atom stereocenters. The Morgan fingerprint density at radius 3 is 2.06 bits per heavy atom. The summed E-state index contributed by atoms with van der Waals surface area (Å²) < 4.78 is 5.84. The molecule has 0 aromatic rings. The fourth-order valence-electron chi connectivity index (χ4n) is 2.15. The molecule has 0 aromatic carbocycles. The molecule has 18 heavy (non-hydrogen) atoms. The molecule has 2 heteroatoms. The molecule has 0 aliphatic carbocycles. The molecule has 0 atom stereocenters. The van der Waals surface area contributed by atoms with Crippen LogP contribution in [0.15, 0.2) is 0 Å². The standard InChI is InChI=1S/C16H29NO/c1-15(2,3)10-7-13-18-14-8-11-17(12-9-14)16(4,5)6/h14H,8-9,11-13H2,1-6H3. The Bertz CT molecular complexity index is 303. The first kappa shape index (κ1) is 15.5. The smallest absolute Gasteiger partial charge is 0.108 e. The van der Waals surface area contributed by atoms with E-state index in [0.29, 0.717) is 12.7 Å². The van der Waals surface area contributed by atoms with Crippen LogP contribution in [0.1, 0.15) is 54.4 Å². The van der Waals surface area contributed by atoms with Crippen LogP contribution in [0, 0.1) is 17.3 Å². The molecule has 1 saturated heterocycles. The minimum Gasteiger partial charge on any atom is -0.365 e. The highest BCUT2D eigenvalue weighted by Gasteiger charge is 2.26. The number of hydrogen-bond acceptors (Lipinski definition) is 2. The van der Waals surface area contributed by atoms with Gasteiger partial charge in [-0.15, -0.1) is 0 Å². The van der Waals surface area contributed by atoms with Crippen molar-refractivity contribution in [3.05, 3.63) is 0 Å². The lowest BCUT2D eigenvalue weighted by atomic mass is 9.98. The predicted molar refractivity (Wildman–Crippen MR) is 77.5 cm³/mol. The zero-order valence-corrected chi connectivity index (χ0v) is 13.0. The first-order chi connectivity index (χ1) is 8.18. The molecule has 0 radical (unpaired) electrons. The van der Waals surface area contributed by atoms with E-state index < -0.39 is 0 Å². The van der Waals surface area contributed by atoms with Gasteiger partial charge in [-0.3, -0.25) is 4.90 Å². The summed E-state index contributed by atoms with van der Waals surface area (Å²) in [6.45, 7) is 16.1. The highest BCUT2D eigenvalue weighted by molar-refractivity contribution is 5.07. The van der Waals surface area contributed by atoms with E-state index in [-0.39, 0.29) is 11.0 Å². The van der Waals surface area contributed by atoms with E-state index in [1.807, 2.05) is 0 Å². The summed E-state index contributed by atoms with van der Waals surface area (Å²) >= 11 is 0. The second-order valence-corrected chi connectivity index (χ2v) is 7.22. The molecule has 1 aliphatic rings. The van der Waals surface area contributed by atoms with Gasteiger partial charge < -0.3 is 4.74 Å². The molecule has 2 nitrogen and oxygen atoms in total. The van der Waals surface area contributed by atoms with Crippen LogP contribution < -0.4 is 0 Å². The molecule has 1 heterocycles. The van der Waals surface area contributed by atoms with Gasteiger partial charge in [0.2, 0.25) is 0 Å². The van der Waals surface area contributed by atoms with Crippen LogP contribution in [0.25, 0.3) is 0 Å². The van der Waals surface area contributed by atoms with Crippen molar-refractivity contribution in [2.75, 3.05) is 19.7 Å². The van der Waals surface area contributed by atoms with Crippen LogP contribution in [0.2, 0.25) is 0 Å². The highest BCUT2D eigenvalue weighted by atomic mass is 16.5. The van der Waals surface area contributed by atoms with Gasteiger partial charge in [-0.05, 0) is 54.4 Å². The van der Waals surface area contributed by atoms with Crippen molar-refractivity contribution < 1.29 is 4.74 Å². The first-order valence-electron chi connectivity index (χ1n) is 7.05. The lowest BCUT2D eigenvalue weighted by molar-refractivity contribution is -0.000227. The van der Waals surface area contributed by atoms with Crippen LogP contribution in [0.4, 0.5) is 0 Å². The number of likely N-dealkylation sites (tertiary alicyclic amines) is 1. The molecule has 0 amide bonds. The Morgan fingerprint density at radius 1 is 1.06 bits per heavy atom. The van der Waals surface area contributed by atoms with E-state index in [1.165, 1.54) is 0 Å². The van der Waals surface area contributed by atoms with Gasteiger partial charge in [-0.2, -0.15) is 0 Å². The molecule has 0 spiro atoms. The fourth-order valence-corrected chi connectivity index (χ4v) is 2.15. The van der Waals surface area contributed by atoms with Crippen molar-refractivity contribution in [2.24, 2.45) is 5.41 Å². The van der Waals surface area contributed by atoms with Crippen LogP contribution in [-0.4, -0.2) is 36.2 Å². The summed E-state index contributed by atoms with van der Waals surface area (Å²) in [5, 5.41) is 0. The summed E-state index contributed by atoms with van der Waals surface area (Å²) in [6.07, 6.45) is 2.67. The Labute approximate surface area is 113 Å². The monoisotopic (exact) mass is 251 g/mol. The van der Waals surface area contributed by atoms with Crippen molar-refractivity contribution in [1.29, 1.82) is 0 Å². The van der Waals surface area contributed by atoms with Gasteiger partial charge in [0.1, 0.15) is 6.61 Å². The lowest BCUT2D eigenvalue weighted by Crippen LogP contribution is -2.47. The average molecular weight is 251 g/mol. The van der Waals surface area contributed by atoms with Crippen molar-refractivity contribution >= 4 is 0 Å². The molecule has 1 rings (SSSR count). The zero-order chi connectivity index (χ0) is 13.8. The third-order valence-corrected chi connectivity index (χ3v) is 3.25. The van der Waals surface area contributed by atoms with Gasteiger partial charge in [0.15, 0.2) is 0 Å². The normalized spacial score (nSPS) is 19.4. The summed E-state index contributed by atoms with van der Waals surface area (Å²) in [5.74, 6) is 6.34. The SMILES string of the molecule is CC(C)(C)C#CCOC1CCN(C(C)(C)C)CC1. The Morgan fingerprint density at radius 2 is 1.61 bits per heavy atom. The summed E-state index contributed by atoms with van der Waals surface area (Å²) in [7, 11) is 0. The Hall–Kier alpha value is -0.520. The van der Waals surface area contributed by atoms with Gasteiger partial charge in [0.25, 0.3) is 0 Å². The van der Waals surface area contributed by atoms with Gasteiger partial charge in [0, 0.05) is 24.0 Å². The molecule has 0 bridgehead atoms. The van der Waals surface area contributed by atoms with Crippen LogP contribution in [0.3, 0.4) is 0 Å². The Balaban J connectivity index is 2.26. The van der Waals surface area contributed by atoms with Crippen molar-refractivity contribution in [3.8, 4) is 11.8 Å². The van der Waals surface area contributed by atoms with Gasteiger partial charge in [-0.1, -0.05) is 11.8 Å². The van der Waals surface area contributed by atoms with E-state index in [9.17, 15) is 0 Å². The van der Waals surface area contributed by atoms with Gasteiger partial charge in [0.05, 0.1) is 6.10 Å². The van der Waals surface area contributed by atoms with Gasteiger partial charge in [-0.25, -0.2) is 0 Å². The van der Waals surface area contributed by atoms with Crippen LogP contribution in [-0.2, 0) is 4.74 Å².